The third kappa shape index (κ3) is 4.37. The molecule has 0 fully saturated rings. The van der Waals surface area contributed by atoms with Crippen LogP contribution in [0.15, 0.2) is 65.3 Å². The van der Waals surface area contributed by atoms with Gasteiger partial charge in [0.15, 0.2) is 6.61 Å². The highest BCUT2D eigenvalue weighted by Crippen LogP contribution is 2.36. The van der Waals surface area contributed by atoms with Crippen LogP contribution in [0, 0.1) is 0 Å². The number of carbonyl (C=O) groups excluding carboxylic acids is 2. The van der Waals surface area contributed by atoms with E-state index in [-0.39, 0.29) is 10.6 Å². The molecule has 0 unspecified atom stereocenters. The number of para-hydroxylation sites is 1. The number of nitrogens with zero attached hydrogens (tertiary/aromatic N) is 1. The van der Waals surface area contributed by atoms with Crippen LogP contribution in [0.1, 0.15) is 50.6 Å². The molecule has 0 spiro atoms. The van der Waals surface area contributed by atoms with Crippen molar-refractivity contribution in [3.05, 3.63) is 99.1 Å². The van der Waals surface area contributed by atoms with Gasteiger partial charge >= 0.3 is 5.97 Å². The molecular formula is C27H19Cl2NO4. The van der Waals surface area contributed by atoms with Crippen LogP contribution >= 0.6 is 23.2 Å². The van der Waals surface area contributed by atoms with Gasteiger partial charge in [-0.25, -0.2) is 9.78 Å². The molecule has 5 nitrogen and oxygen atoms in total. The predicted octanol–water partition coefficient (Wildman–Crippen LogP) is 7.05. The summed E-state index contributed by atoms with van der Waals surface area (Å²) in [6.07, 6.45) is 5.95. The first-order chi connectivity index (χ1) is 16.5. The summed E-state index contributed by atoms with van der Waals surface area (Å²) in [5.74, 6) is -0.236. The molecule has 2 heterocycles. The number of pyridine rings is 1. The maximum atomic E-state index is 13.3. The molecule has 7 heteroatoms. The van der Waals surface area contributed by atoms with E-state index in [0.717, 1.165) is 35.4 Å². The number of fused-ring (bicyclic) bond motifs is 2. The Labute approximate surface area is 206 Å². The Morgan fingerprint density at radius 3 is 2.71 bits per heavy atom. The first-order valence-electron chi connectivity index (χ1n) is 10.8. The Bertz CT molecular complexity index is 1440. The number of rotatable bonds is 5. The first kappa shape index (κ1) is 22.4. The average molecular weight is 492 g/mol. The van der Waals surface area contributed by atoms with Crippen LogP contribution in [-0.2, 0) is 11.2 Å². The summed E-state index contributed by atoms with van der Waals surface area (Å²) in [5, 5.41) is 1.34. The number of aromatic nitrogens is 1. The molecular weight excluding hydrogens is 473 g/mol. The molecule has 170 valence electrons. The fourth-order valence-corrected chi connectivity index (χ4v) is 4.76. The van der Waals surface area contributed by atoms with Crippen molar-refractivity contribution in [1.29, 1.82) is 0 Å². The Morgan fingerprint density at radius 1 is 1.06 bits per heavy atom. The molecule has 0 N–H and O–H groups in total. The number of halogens is 2. The van der Waals surface area contributed by atoms with Gasteiger partial charge in [-0.1, -0.05) is 41.4 Å². The molecule has 0 atom stereocenters. The standard InChI is InChI=1S/C27H19Cl2NO4/c28-17-10-11-19(22(29)14-17)24(31)15-34-27(32)25-20-7-1-2-9-23(20)30-26-16(5-3-8-21(25)26)13-18-6-4-12-33-18/h1-2,4,6-7,9-14H,3,5,8,15H2/b16-13+. The van der Waals surface area contributed by atoms with Gasteiger partial charge in [0.1, 0.15) is 5.76 Å². The zero-order valence-corrected chi connectivity index (χ0v) is 19.5. The topological polar surface area (TPSA) is 69.4 Å². The smallest absolute Gasteiger partial charge is 0.339 e. The van der Waals surface area contributed by atoms with Crippen molar-refractivity contribution in [3.63, 3.8) is 0 Å². The molecule has 0 bridgehead atoms. The van der Waals surface area contributed by atoms with E-state index in [1.54, 1.807) is 12.3 Å². The Balaban J connectivity index is 1.51. The van der Waals surface area contributed by atoms with E-state index >= 15 is 0 Å². The van der Waals surface area contributed by atoms with E-state index < -0.39 is 18.4 Å². The van der Waals surface area contributed by atoms with Crippen molar-refractivity contribution < 1.29 is 18.7 Å². The monoisotopic (exact) mass is 491 g/mol. The summed E-state index contributed by atoms with van der Waals surface area (Å²) in [6.45, 7) is -0.430. The lowest BCUT2D eigenvalue weighted by Crippen LogP contribution is -2.19. The summed E-state index contributed by atoms with van der Waals surface area (Å²) >= 11 is 12.0. The Morgan fingerprint density at radius 2 is 1.91 bits per heavy atom. The van der Waals surface area contributed by atoms with Gasteiger partial charge < -0.3 is 9.15 Å². The van der Waals surface area contributed by atoms with E-state index in [1.807, 2.05) is 42.5 Å². The molecule has 1 aliphatic carbocycles. The second-order valence-electron chi connectivity index (χ2n) is 7.99. The summed E-state index contributed by atoms with van der Waals surface area (Å²) in [5.41, 5.74) is 3.97. The van der Waals surface area contributed by atoms with Gasteiger partial charge in [-0.3, -0.25) is 4.79 Å². The lowest BCUT2D eigenvalue weighted by Gasteiger charge is -2.22. The third-order valence-electron chi connectivity index (χ3n) is 5.80. The number of esters is 1. The van der Waals surface area contributed by atoms with Crippen molar-refractivity contribution in [2.24, 2.45) is 0 Å². The molecule has 0 saturated heterocycles. The van der Waals surface area contributed by atoms with Crippen molar-refractivity contribution in [1.82, 2.24) is 4.98 Å². The molecule has 1 aliphatic rings. The van der Waals surface area contributed by atoms with Crippen molar-refractivity contribution in [3.8, 4) is 0 Å². The molecule has 34 heavy (non-hydrogen) atoms. The van der Waals surface area contributed by atoms with Crippen LogP contribution in [0.4, 0.5) is 0 Å². The van der Waals surface area contributed by atoms with Gasteiger partial charge in [-0.2, -0.15) is 0 Å². The fraction of sp³-hybridized carbons (Fsp3) is 0.148. The molecule has 4 aromatic rings. The maximum absolute atomic E-state index is 13.3. The van der Waals surface area contributed by atoms with Crippen LogP contribution in [0.5, 0.6) is 0 Å². The van der Waals surface area contributed by atoms with Crippen LogP contribution in [0.3, 0.4) is 0 Å². The summed E-state index contributed by atoms with van der Waals surface area (Å²) in [6, 6.07) is 15.7. The summed E-state index contributed by atoms with van der Waals surface area (Å²) in [4.78, 5) is 30.9. The van der Waals surface area contributed by atoms with Gasteiger partial charge in [0.25, 0.3) is 0 Å². The van der Waals surface area contributed by atoms with Gasteiger partial charge in [-0.05, 0) is 72.9 Å². The number of hydrogen-bond acceptors (Lipinski definition) is 5. The van der Waals surface area contributed by atoms with Gasteiger partial charge in [0.2, 0.25) is 5.78 Å². The number of allylic oxidation sites excluding steroid dienone is 1. The van der Waals surface area contributed by atoms with Gasteiger partial charge in [0.05, 0.1) is 28.1 Å². The molecule has 2 aromatic heterocycles. The number of benzene rings is 2. The van der Waals surface area contributed by atoms with Crippen LogP contribution in [0.25, 0.3) is 22.6 Å². The highest BCUT2D eigenvalue weighted by molar-refractivity contribution is 6.36. The van der Waals surface area contributed by atoms with Gasteiger partial charge in [-0.15, -0.1) is 0 Å². The maximum Gasteiger partial charge on any atom is 0.339 e. The Kier molecular flexibility index (Phi) is 6.22. The molecule has 0 amide bonds. The fourth-order valence-electron chi connectivity index (χ4n) is 4.25. The van der Waals surface area contributed by atoms with Crippen LogP contribution < -0.4 is 0 Å². The van der Waals surface area contributed by atoms with E-state index in [9.17, 15) is 9.59 Å². The molecule has 5 rings (SSSR count). The third-order valence-corrected chi connectivity index (χ3v) is 6.35. The number of ether oxygens (including phenoxy) is 1. The minimum atomic E-state index is -0.562. The quantitative estimate of drug-likeness (QED) is 0.221. The molecule has 0 aliphatic heterocycles. The number of ketones is 1. The van der Waals surface area contributed by atoms with Crippen LogP contribution in [-0.4, -0.2) is 23.3 Å². The summed E-state index contributed by atoms with van der Waals surface area (Å²) in [7, 11) is 0. The number of furan rings is 1. The van der Waals surface area contributed by atoms with E-state index in [2.05, 4.69) is 0 Å². The largest absolute Gasteiger partial charge is 0.465 e. The van der Waals surface area contributed by atoms with Gasteiger partial charge in [0, 0.05) is 16.0 Å². The highest BCUT2D eigenvalue weighted by Gasteiger charge is 2.27. The van der Waals surface area contributed by atoms with Crippen LogP contribution in [0.2, 0.25) is 10.0 Å². The molecule has 0 radical (unpaired) electrons. The summed E-state index contributed by atoms with van der Waals surface area (Å²) < 4.78 is 11.0. The first-order valence-corrected chi connectivity index (χ1v) is 11.6. The Hall–Kier alpha value is -3.41. The normalized spacial score (nSPS) is 14.2. The van der Waals surface area contributed by atoms with E-state index in [0.29, 0.717) is 27.9 Å². The molecule has 2 aromatic carbocycles. The van der Waals surface area contributed by atoms with Crippen molar-refractivity contribution in [2.45, 2.75) is 19.3 Å². The SMILES string of the molecule is O=C(COC(=O)c1c2c(nc3ccccc13)/C(=C/c1ccco1)CCC2)c1ccc(Cl)cc1Cl. The second-order valence-corrected chi connectivity index (χ2v) is 8.84. The lowest BCUT2D eigenvalue weighted by atomic mass is 9.86. The number of hydrogen-bond donors (Lipinski definition) is 0. The van der Waals surface area contributed by atoms with Crippen molar-refractivity contribution >= 4 is 57.5 Å². The minimum Gasteiger partial charge on any atom is -0.465 e. The minimum absolute atomic E-state index is 0.216. The zero-order chi connectivity index (χ0) is 23.7. The highest BCUT2D eigenvalue weighted by atomic mass is 35.5. The van der Waals surface area contributed by atoms with Crippen molar-refractivity contribution in [2.75, 3.05) is 6.61 Å². The second kappa shape index (κ2) is 9.45. The molecule has 0 saturated carbocycles. The number of carbonyl (C=O) groups is 2. The zero-order valence-electron chi connectivity index (χ0n) is 18.0. The van der Waals surface area contributed by atoms with E-state index in [1.165, 1.54) is 12.1 Å². The van der Waals surface area contributed by atoms with E-state index in [4.69, 9.17) is 37.3 Å². The number of Topliss-reactive ketones (excluding diaryl/α,β-unsaturated/α-hetero) is 1. The lowest BCUT2D eigenvalue weighted by molar-refractivity contribution is 0.0475. The predicted molar refractivity (Wildman–Crippen MR) is 132 cm³/mol. The average Bonchev–Trinajstić information content (AvgIpc) is 3.34.